The number of hydrogen-bond acceptors (Lipinski definition) is 1. The lowest BCUT2D eigenvalue weighted by atomic mass is 9.91. The summed E-state index contributed by atoms with van der Waals surface area (Å²) in [6, 6.07) is 4.00. The van der Waals surface area contributed by atoms with Crippen molar-refractivity contribution >= 4 is 0 Å². The molecule has 0 fully saturated rings. The highest BCUT2D eigenvalue weighted by molar-refractivity contribution is 5.20. The molecule has 0 aliphatic rings. The number of halogens is 2. The molecule has 88 valence electrons. The van der Waals surface area contributed by atoms with E-state index in [9.17, 15) is 13.9 Å². The Morgan fingerprint density at radius 1 is 1.44 bits per heavy atom. The highest BCUT2D eigenvalue weighted by Gasteiger charge is 2.22. The van der Waals surface area contributed by atoms with Crippen LogP contribution in [0.3, 0.4) is 0 Å². The van der Waals surface area contributed by atoms with E-state index in [1.807, 2.05) is 0 Å². The summed E-state index contributed by atoms with van der Waals surface area (Å²) in [7, 11) is 0. The van der Waals surface area contributed by atoms with Crippen LogP contribution in [0, 0.1) is 11.6 Å². The lowest BCUT2D eigenvalue weighted by Crippen LogP contribution is -2.27. The third-order valence-electron chi connectivity index (χ3n) is 2.49. The smallest absolute Gasteiger partial charge is 0.162 e. The molecule has 0 saturated carbocycles. The Morgan fingerprint density at radius 3 is 2.75 bits per heavy atom. The molecule has 0 aromatic heterocycles. The van der Waals surface area contributed by atoms with Crippen LogP contribution in [-0.2, 0) is 6.42 Å². The maximum atomic E-state index is 13.3. The fraction of sp³-hybridized carbons (Fsp3) is 0.385. The summed E-state index contributed by atoms with van der Waals surface area (Å²) in [6.45, 7) is 5.17. The van der Waals surface area contributed by atoms with Gasteiger partial charge in [0, 0.05) is 6.42 Å². The van der Waals surface area contributed by atoms with Crippen molar-refractivity contribution in [3.8, 4) is 0 Å². The zero-order valence-electron chi connectivity index (χ0n) is 9.34. The van der Waals surface area contributed by atoms with E-state index in [1.54, 1.807) is 13.0 Å². The van der Waals surface area contributed by atoms with Crippen LogP contribution in [0.4, 0.5) is 8.78 Å². The molecule has 1 aromatic carbocycles. The van der Waals surface area contributed by atoms with Gasteiger partial charge in [0.25, 0.3) is 0 Å². The third kappa shape index (κ3) is 3.42. The Bertz CT molecular complexity index is 372. The van der Waals surface area contributed by atoms with Crippen LogP contribution in [0.2, 0.25) is 0 Å². The number of allylic oxidation sites excluding steroid dienone is 1. The minimum atomic E-state index is -1.04. The number of hydrogen-bond donors (Lipinski definition) is 1. The highest BCUT2D eigenvalue weighted by atomic mass is 19.2. The van der Waals surface area contributed by atoms with E-state index in [0.717, 1.165) is 6.07 Å². The van der Waals surface area contributed by atoms with Gasteiger partial charge in [-0.2, -0.15) is 0 Å². The fourth-order valence-electron chi connectivity index (χ4n) is 1.60. The monoisotopic (exact) mass is 226 g/mol. The molecule has 1 atom stereocenters. The largest absolute Gasteiger partial charge is 0.390 e. The molecule has 1 N–H and O–H groups in total. The van der Waals surface area contributed by atoms with Crippen LogP contribution in [-0.4, -0.2) is 10.7 Å². The molecule has 0 heterocycles. The van der Waals surface area contributed by atoms with Crippen LogP contribution >= 0.6 is 0 Å². The summed E-state index contributed by atoms with van der Waals surface area (Å²) in [5, 5.41) is 9.98. The molecular formula is C13H16F2O. The molecule has 0 spiro atoms. The summed E-state index contributed by atoms with van der Waals surface area (Å²) in [5.74, 6) is -1.75. The maximum absolute atomic E-state index is 13.3. The zero-order valence-corrected chi connectivity index (χ0v) is 9.34. The van der Waals surface area contributed by atoms with Gasteiger partial charge in [-0.25, -0.2) is 8.78 Å². The van der Waals surface area contributed by atoms with E-state index in [-0.39, 0.29) is 12.0 Å². The first-order valence-corrected chi connectivity index (χ1v) is 5.22. The fourth-order valence-corrected chi connectivity index (χ4v) is 1.60. The van der Waals surface area contributed by atoms with E-state index >= 15 is 0 Å². The summed E-state index contributed by atoms with van der Waals surface area (Å²) in [4.78, 5) is 0. The first-order valence-electron chi connectivity index (χ1n) is 5.22. The van der Waals surface area contributed by atoms with E-state index < -0.39 is 17.2 Å². The van der Waals surface area contributed by atoms with Crippen LogP contribution in [0.5, 0.6) is 0 Å². The topological polar surface area (TPSA) is 20.2 Å². The maximum Gasteiger partial charge on any atom is 0.162 e. The average molecular weight is 226 g/mol. The first-order chi connectivity index (χ1) is 7.46. The Labute approximate surface area is 94.4 Å². The standard InChI is InChI=1S/C13H16F2O/c1-3-4-8-13(2,16)9-10-6-5-7-11(14)12(10)15/h3,5-7,16H,1,4,8-9H2,2H3. The average Bonchev–Trinajstić information content (AvgIpc) is 2.22. The second kappa shape index (κ2) is 5.21. The Hall–Kier alpha value is -1.22. The molecule has 3 heteroatoms. The second-order valence-corrected chi connectivity index (χ2v) is 4.21. The van der Waals surface area contributed by atoms with Crippen LogP contribution in [0.1, 0.15) is 25.3 Å². The van der Waals surface area contributed by atoms with Crippen molar-refractivity contribution in [2.75, 3.05) is 0 Å². The van der Waals surface area contributed by atoms with E-state index in [2.05, 4.69) is 6.58 Å². The second-order valence-electron chi connectivity index (χ2n) is 4.21. The molecule has 0 bridgehead atoms. The van der Waals surface area contributed by atoms with E-state index in [0.29, 0.717) is 12.8 Å². The van der Waals surface area contributed by atoms with Gasteiger partial charge >= 0.3 is 0 Å². The molecule has 1 nitrogen and oxygen atoms in total. The summed E-state index contributed by atoms with van der Waals surface area (Å²) in [5.41, 5.74) is -0.836. The normalized spacial score (nSPS) is 14.5. The van der Waals surface area contributed by atoms with Crippen molar-refractivity contribution in [1.29, 1.82) is 0 Å². The van der Waals surface area contributed by atoms with Crippen LogP contribution < -0.4 is 0 Å². The van der Waals surface area contributed by atoms with Gasteiger partial charge in [-0.05, 0) is 31.4 Å². The van der Waals surface area contributed by atoms with Crippen molar-refractivity contribution in [2.45, 2.75) is 31.8 Å². The molecule has 0 aliphatic carbocycles. The van der Waals surface area contributed by atoms with Gasteiger partial charge in [0.05, 0.1) is 5.60 Å². The number of benzene rings is 1. The van der Waals surface area contributed by atoms with Crippen molar-refractivity contribution in [3.63, 3.8) is 0 Å². The Morgan fingerprint density at radius 2 is 2.12 bits per heavy atom. The van der Waals surface area contributed by atoms with Gasteiger partial charge in [0.1, 0.15) is 0 Å². The van der Waals surface area contributed by atoms with Crippen molar-refractivity contribution < 1.29 is 13.9 Å². The predicted octanol–water partition coefficient (Wildman–Crippen LogP) is 3.22. The molecule has 0 saturated heterocycles. The van der Waals surface area contributed by atoms with Gasteiger partial charge < -0.3 is 5.11 Å². The minimum Gasteiger partial charge on any atom is -0.390 e. The molecule has 0 aliphatic heterocycles. The highest BCUT2D eigenvalue weighted by Crippen LogP contribution is 2.21. The van der Waals surface area contributed by atoms with E-state index in [4.69, 9.17) is 0 Å². The van der Waals surface area contributed by atoms with Crippen LogP contribution in [0.25, 0.3) is 0 Å². The number of aliphatic hydroxyl groups is 1. The molecule has 16 heavy (non-hydrogen) atoms. The van der Waals surface area contributed by atoms with Crippen molar-refractivity contribution in [1.82, 2.24) is 0 Å². The molecular weight excluding hydrogens is 210 g/mol. The Balaban J connectivity index is 2.79. The van der Waals surface area contributed by atoms with Crippen molar-refractivity contribution in [3.05, 3.63) is 48.1 Å². The summed E-state index contributed by atoms with van der Waals surface area (Å²) in [6.07, 6.45) is 2.91. The molecule has 0 radical (unpaired) electrons. The SMILES string of the molecule is C=CCCC(C)(O)Cc1cccc(F)c1F. The third-order valence-corrected chi connectivity index (χ3v) is 2.49. The van der Waals surface area contributed by atoms with E-state index in [1.165, 1.54) is 12.1 Å². The minimum absolute atomic E-state index is 0.102. The van der Waals surface area contributed by atoms with Gasteiger partial charge in [-0.1, -0.05) is 18.2 Å². The molecule has 1 unspecified atom stereocenters. The summed E-state index contributed by atoms with van der Waals surface area (Å²) < 4.78 is 26.3. The molecule has 0 amide bonds. The molecule has 1 rings (SSSR count). The molecule has 1 aromatic rings. The van der Waals surface area contributed by atoms with Gasteiger partial charge in [0.15, 0.2) is 11.6 Å². The Kier molecular flexibility index (Phi) is 4.19. The first kappa shape index (κ1) is 12.8. The van der Waals surface area contributed by atoms with Crippen molar-refractivity contribution in [2.24, 2.45) is 0 Å². The summed E-state index contributed by atoms with van der Waals surface area (Å²) >= 11 is 0. The predicted molar refractivity (Wildman–Crippen MR) is 60.1 cm³/mol. The van der Waals surface area contributed by atoms with Gasteiger partial charge in [-0.15, -0.1) is 6.58 Å². The van der Waals surface area contributed by atoms with Gasteiger partial charge in [-0.3, -0.25) is 0 Å². The quantitative estimate of drug-likeness (QED) is 0.764. The zero-order chi connectivity index (χ0) is 12.2. The van der Waals surface area contributed by atoms with Gasteiger partial charge in [0.2, 0.25) is 0 Å². The lowest BCUT2D eigenvalue weighted by molar-refractivity contribution is 0.0513. The number of rotatable bonds is 5. The van der Waals surface area contributed by atoms with Crippen LogP contribution in [0.15, 0.2) is 30.9 Å². The lowest BCUT2D eigenvalue weighted by Gasteiger charge is -2.23.